The first kappa shape index (κ1) is 12.7. The van der Waals surface area contributed by atoms with Gasteiger partial charge in [0.2, 0.25) is 0 Å². The molecule has 3 rings (SSSR count). The van der Waals surface area contributed by atoms with Gasteiger partial charge in [0.05, 0.1) is 5.56 Å². The molecule has 0 radical (unpaired) electrons. The standard InChI is InChI=1S/C10H9BrN8O/c11-5-3-6(9-7(4-5)13-17-16-9)10(20)12-2-1-8-14-18-19-15-8/h3-4H,1-2H2,(H,12,20)(H,13,16,17)(H,14,15,18,19). The Kier molecular flexibility index (Phi) is 3.37. The van der Waals surface area contributed by atoms with Crippen molar-refractivity contribution in [1.82, 2.24) is 41.4 Å². The van der Waals surface area contributed by atoms with Gasteiger partial charge < -0.3 is 5.32 Å². The zero-order chi connectivity index (χ0) is 13.9. The minimum absolute atomic E-state index is 0.228. The summed E-state index contributed by atoms with van der Waals surface area (Å²) in [5.41, 5.74) is 1.61. The molecule has 2 heterocycles. The number of nitrogens with one attached hydrogen (secondary N) is 3. The van der Waals surface area contributed by atoms with Crippen molar-refractivity contribution < 1.29 is 4.79 Å². The van der Waals surface area contributed by atoms with Gasteiger partial charge in [0.15, 0.2) is 5.82 Å². The molecule has 0 spiro atoms. The van der Waals surface area contributed by atoms with Gasteiger partial charge in [0.25, 0.3) is 5.91 Å². The van der Waals surface area contributed by atoms with E-state index in [1.54, 1.807) is 12.1 Å². The molecule has 0 atom stereocenters. The number of carbonyl (C=O) groups excluding carboxylic acids is 1. The molecule has 0 saturated heterocycles. The Bertz CT molecular complexity index is 737. The summed E-state index contributed by atoms with van der Waals surface area (Å²) in [4.78, 5) is 12.2. The van der Waals surface area contributed by atoms with E-state index in [0.29, 0.717) is 35.4 Å². The number of halogens is 1. The number of tetrazole rings is 1. The first-order valence-electron chi connectivity index (χ1n) is 5.74. The highest BCUT2D eigenvalue weighted by Crippen LogP contribution is 2.20. The maximum Gasteiger partial charge on any atom is 0.253 e. The molecule has 1 aromatic carbocycles. The van der Waals surface area contributed by atoms with Crippen molar-refractivity contribution in [3.63, 3.8) is 0 Å². The maximum atomic E-state index is 12.2. The predicted octanol–water partition coefficient (Wildman–Crippen LogP) is 0.206. The third kappa shape index (κ3) is 2.50. The highest BCUT2D eigenvalue weighted by atomic mass is 79.9. The summed E-state index contributed by atoms with van der Waals surface area (Å²) in [6.07, 6.45) is 0.498. The Hall–Kier alpha value is -2.36. The number of carbonyl (C=O) groups is 1. The molecule has 20 heavy (non-hydrogen) atoms. The number of amides is 1. The van der Waals surface area contributed by atoms with Gasteiger partial charge in [-0.2, -0.15) is 20.6 Å². The SMILES string of the molecule is O=C(NCCc1nn[nH]n1)c1cc(Br)cc2n[nH]nc12. The van der Waals surface area contributed by atoms with Crippen LogP contribution < -0.4 is 5.32 Å². The third-order valence-electron chi connectivity index (χ3n) is 2.65. The van der Waals surface area contributed by atoms with Gasteiger partial charge in [-0.25, -0.2) is 0 Å². The first-order valence-corrected chi connectivity index (χ1v) is 6.54. The molecule has 1 amide bonds. The van der Waals surface area contributed by atoms with Crippen molar-refractivity contribution >= 4 is 32.9 Å². The van der Waals surface area contributed by atoms with Crippen LogP contribution in [-0.2, 0) is 6.42 Å². The molecule has 3 aromatic rings. The number of fused-ring (bicyclic) bond motifs is 1. The van der Waals surface area contributed by atoms with Crippen molar-refractivity contribution in [2.24, 2.45) is 0 Å². The van der Waals surface area contributed by atoms with Crippen LogP contribution in [0, 0.1) is 0 Å². The molecule has 0 unspecified atom stereocenters. The van der Waals surface area contributed by atoms with E-state index in [0.717, 1.165) is 4.47 Å². The van der Waals surface area contributed by atoms with Gasteiger partial charge in [0.1, 0.15) is 11.0 Å². The molecule has 0 fully saturated rings. The molecular weight excluding hydrogens is 328 g/mol. The summed E-state index contributed by atoms with van der Waals surface area (Å²) in [6, 6.07) is 3.49. The average Bonchev–Trinajstić information content (AvgIpc) is 3.08. The number of rotatable bonds is 4. The normalized spacial score (nSPS) is 10.8. The van der Waals surface area contributed by atoms with Crippen LogP contribution in [0.5, 0.6) is 0 Å². The molecule has 10 heteroatoms. The van der Waals surface area contributed by atoms with Crippen molar-refractivity contribution in [3.8, 4) is 0 Å². The monoisotopic (exact) mass is 336 g/mol. The van der Waals surface area contributed by atoms with Crippen molar-refractivity contribution in [3.05, 3.63) is 28.0 Å². The Morgan fingerprint density at radius 3 is 2.95 bits per heavy atom. The fraction of sp³-hybridized carbons (Fsp3) is 0.200. The van der Waals surface area contributed by atoms with Gasteiger partial charge in [-0.15, -0.1) is 10.2 Å². The quantitative estimate of drug-likeness (QED) is 0.625. The number of hydrogen-bond donors (Lipinski definition) is 3. The van der Waals surface area contributed by atoms with E-state index in [1.165, 1.54) is 0 Å². The lowest BCUT2D eigenvalue weighted by Gasteiger charge is -2.04. The maximum absolute atomic E-state index is 12.2. The Balaban J connectivity index is 1.73. The summed E-state index contributed by atoms with van der Waals surface area (Å²) < 4.78 is 0.766. The largest absolute Gasteiger partial charge is 0.352 e. The average molecular weight is 337 g/mol. The van der Waals surface area contributed by atoms with Gasteiger partial charge in [-0.3, -0.25) is 4.79 Å². The molecular formula is C10H9BrN8O. The fourth-order valence-corrected chi connectivity index (χ4v) is 2.21. The molecule has 102 valence electrons. The van der Waals surface area contributed by atoms with E-state index in [2.05, 4.69) is 57.3 Å². The van der Waals surface area contributed by atoms with Crippen LogP contribution in [0.1, 0.15) is 16.2 Å². The van der Waals surface area contributed by atoms with Crippen LogP contribution in [-0.4, -0.2) is 48.5 Å². The Morgan fingerprint density at radius 2 is 2.15 bits per heavy atom. The van der Waals surface area contributed by atoms with Crippen molar-refractivity contribution in [2.75, 3.05) is 6.54 Å². The van der Waals surface area contributed by atoms with Gasteiger partial charge in [-0.1, -0.05) is 21.1 Å². The summed E-state index contributed by atoms with van der Waals surface area (Å²) in [7, 11) is 0. The molecule has 3 N–H and O–H groups in total. The molecule has 0 aliphatic carbocycles. The second-order valence-corrected chi connectivity index (χ2v) is 4.89. The minimum atomic E-state index is -0.228. The van der Waals surface area contributed by atoms with E-state index in [4.69, 9.17) is 0 Å². The third-order valence-corrected chi connectivity index (χ3v) is 3.11. The second kappa shape index (κ2) is 5.33. The van der Waals surface area contributed by atoms with Crippen LogP contribution in [0.3, 0.4) is 0 Å². The minimum Gasteiger partial charge on any atom is -0.352 e. The lowest BCUT2D eigenvalue weighted by Crippen LogP contribution is -2.26. The summed E-state index contributed by atoms with van der Waals surface area (Å²) >= 11 is 3.34. The van der Waals surface area contributed by atoms with Gasteiger partial charge in [0, 0.05) is 17.4 Å². The van der Waals surface area contributed by atoms with E-state index in [1.807, 2.05) is 0 Å². The zero-order valence-electron chi connectivity index (χ0n) is 10.1. The van der Waals surface area contributed by atoms with Crippen LogP contribution in [0.15, 0.2) is 16.6 Å². The van der Waals surface area contributed by atoms with Gasteiger partial charge in [-0.05, 0) is 12.1 Å². The van der Waals surface area contributed by atoms with Crippen LogP contribution in [0.4, 0.5) is 0 Å². The predicted molar refractivity (Wildman–Crippen MR) is 71.8 cm³/mol. The molecule has 0 bridgehead atoms. The topological polar surface area (TPSA) is 125 Å². The van der Waals surface area contributed by atoms with Crippen LogP contribution in [0.2, 0.25) is 0 Å². The number of aromatic amines is 2. The number of H-pyrrole nitrogens is 2. The molecule has 0 aliphatic rings. The Labute approximate surface area is 120 Å². The fourth-order valence-electron chi connectivity index (χ4n) is 1.76. The molecule has 9 nitrogen and oxygen atoms in total. The van der Waals surface area contributed by atoms with E-state index >= 15 is 0 Å². The van der Waals surface area contributed by atoms with Crippen LogP contribution >= 0.6 is 15.9 Å². The lowest BCUT2D eigenvalue weighted by atomic mass is 10.1. The molecule has 2 aromatic heterocycles. The van der Waals surface area contributed by atoms with E-state index < -0.39 is 0 Å². The van der Waals surface area contributed by atoms with E-state index in [-0.39, 0.29) is 5.91 Å². The molecule has 0 aliphatic heterocycles. The summed E-state index contributed by atoms with van der Waals surface area (Å²) in [6.45, 7) is 0.407. The van der Waals surface area contributed by atoms with Crippen molar-refractivity contribution in [2.45, 2.75) is 6.42 Å². The number of nitrogens with zero attached hydrogens (tertiary/aromatic N) is 5. The Morgan fingerprint density at radius 1 is 1.25 bits per heavy atom. The second-order valence-electron chi connectivity index (χ2n) is 3.98. The number of benzene rings is 1. The number of aromatic nitrogens is 7. The summed E-state index contributed by atoms with van der Waals surface area (Å²) in [5.74, 6) is 0.319. The van der Waals surface area contributed by atoms with Crippen LogP contribution in [0.25, 0.3) is 11.0 Å². The smallest absolute Gasteiger partial charge is 0.253 e. The zero-order valence-corrected chi connectivity index (χ0v) is 11.7. The number of hydrogen-bond acceptors (Lipinski definition) is 6. The van der Waals surface area contributed by atoms with Gasteiger partial charge >= 0.3 is 0 Å². The molecule has 0 saturated carbocycles. The summed E-state index contributed by atoms with van der Waals surface area (Å²) in [5, 5.41) is 26.7. The lowest BCUT2D eigenvalue weighted by molar-refractivity contribution is 0.0955. The van der Waals surface area contributed by atoms with E-state index in [9.17, 15) is 4.79 Å². The van der Waals surface area contributed by atoms with Crippen molar-refractivity contribution in [1.29, 1.82) is 0 Å². The first-order chi connectivity index (χ1) is 9.74. The highest BCUT2D eigenvalue weighted by molar-refractivity contribution is 9.10. The highest BCUT2D eigenvalue weighted by Gasteiger charge is 2.14.